The van der Waals surface area contributed by atoms with E-state index in [1.54, 1.807) is 42.5 Å². The monoisotopic (exact) mass is 301 g/mol. The van der Waals surface area contributed by atoms with Gasteiger partial charge in [-0.1, -0.05) is 29.8 Å². The maximum atomic E-state index is 12.8. The summed E-state index contributed by atoms with van der Waals surface area (Å²) in [4.78, 5) is 0.248. The van der Waals surface area contributed by atoms with Crippen molar-refractivity contribution in [3.8, 4) is 5.75 Å². The number of nitrogens with zero attached hydrogens (tertiary/aromatic N) is 1. The van der Waals surface area contributed by atoms with Gasteiger partial charge in [0.05, 0.1) is 17.1 Å². The number of hydrogen-bond donors (Lipinski definition) is 1. The number of fused-ring (bicyclic) bond motifs is 1. The van der Waals surface area contributed by atoms with Crippen molar-refractivity contribution in [1.29, 1.82) is 0 Å². The topological polar surface area (TPSA) is 57.6 Å². The highest BCUT2D eigenvalue weighted by molar-refractivity contribution is 7.92. The van der Waals surface area contributed by atoms with Crippen LogP contribution in [0, 0.1) is 6.92 Å². The summed E-state index contributed by atoms with van der Waals surface area (Å²) in [5.74, 6) is 0.0492. The standard InChI is InChI=1S/C16H15NO3S/c1-12-4-8-15(9-5-12)21(19,20)17-10-2-3-13-6-7-14(18)11-16(13)17/h2-9,11,18H,10H2,1H3. The Morgan fingerprint density at radius 1 is 1.10 bits per heavy atom. The molecule has 108 valence electrons. The quantitative estimate of drug-likeness (QED) is 0.928. The second kappa shape index (κ2) is 4.93. The van der Waals surface area contributed by atoms with Crippen molar-refractivity contribution in [1.82, 2.24) is 0 Å². The molecule has 3 rings (SSSR count). The Bertz CT molecular complexity index is 808. The number of rotatable bonds is 2. The van der Waals surface area contributed by atoms with Crippen molar-refractivity contribution in [3.05, 3.63) is 59.7 Å². The molecule has 0 aromatic heterocycles. The Morgan fingerprint density at radius 3 is 2.52 bits per heavy atom. The highest BCUT2D eigenvalue weighted by Crippen LogP contribution is 2.33. The zero-order valence-corrected chi connectivity index (χ0v) is 12.3. The lowest BCUT2D eigenvalue weighted by Crippen LogP contribution is -2.33. The van der Waals surface area contributed by atoms with E-state index in [4.69, 9.17) is 0 Å². The zero-order chi connectivity index (χ0) is 15.0. The molecule has 0 saturated carbocycles. The minimum Gasteiger partial charge on any atom is -0.508 e. The van der Waals surface area contributed by atoms with Crippen molar-refractivity contribution in [3.63, 3.8) is 0 Å². The molecule has 1 aliphatic heterocycles. The lowest BCUT2D eigenvalue weighted by molar-refractivity contribution is 0.475. The molecule has 1 aliphatic rings. The van der Waals surface area contributed by atoms with Crippen LogP contribution in [-0.4, -0.2) is 20.1 Å². The minimum absolute atomic E-state index is 0.0492. The van der Waals surface area contributed by atoms with Crippen LogP contribution in [-0.2, 0) is 10.0 Å². The molecule has 2 aromatic carbocycles. The molecule has 0 bridgehead atoms. The third kappa shape index (κ3) is 2.40. The lowest BCUT2D eigenvalue weighted by atomic mass is 10.1. The number of sulfonamides is 1. The van der Waals surface area contributed by atoms with Gasteiger partial charge in [-0.25, -0.2) is 8.42 Å². The zero-order valence-electron chi connectivity index (χ0n) is 11.5. The highest BCUT2D eigenvalue weighted by Gasteiger charge is 2.27. The number of benzene rings is 2. The fourth-order valence-corrected chi connectivity index (χ4v) is 3.76. The van der Waals surface area contributed by atoms with Gasteiger partial charge in [0.2, 0.25) is 0 Å². The predicted octanol–water partition coefficient (Wildman–Crippen LogP) is 2.92. The smallest absolute Gasteiger partial charge is 0.264 e. The van der Waals surface area contributed by atoms with E-state index >= 15 is 0 Å². The number of aryl methyl sites for hydroxylation is 1. The molecule has 0 fully saturated rings. The Hall–Kier alpha value is -2.27. The van der Waals surface area contributed by atoms with Crippen molar-refractivity contribution in [2.75, 3.05) is 10.8 Å². The third-order valence-corrected chi connectivity index (χ3v) is 5.25. The molecule has 4 nitrogen and oxygen atoms in total. The van der Waals surface area contributed by atoms with E-state index in [1.165, 1.54) is 10.4 Å². The molecule has 0 radical (unpaired) electrons. The number of anilines is 1. The van der Waals surface area contributed by atoms with Crippen LogP contribution in [0.25, 0.3) is 6.08 Å². The van der Waals surface area contributed by atoms with Gasteiger partial charge in [-0.3, -0.25) is 4.31 Å². The first-order valence-corrected chi connectivity index (χ1v) is 8.01. The molecule has 0 aliphatic carbocycles. The van der Waals surface area contributed by atoms with Crippen LogP contribution in [0.2, 0.25) is 0 Å². The van der Waals surface area contributed by atoms with Crippen LogP contribution < -0.4 is 4.31 Å². The predicted molar refractivity (Wildman–Crippen MR) is 82.9 cm³/mol. The van der Waals surface area contributed by atoms with Gasteiger partial charge in [0.15, 0.2) is 0 Å². The van der Waals surface area contributed by atoms with Gasteiger partial charge in [0.1, 0.15) is 5.75 Å². The summed E-state index contributed by atoms with van der Waals surface area (Å²) in [5, 5.41) is 9.63. The van der Waals surface area contributed by atoms with Gasteiger partial charge in [0.25, 0.3) is 10.0 Å². The molecule has 0 atom stereocenters. The first-order chi connectivity index (χ1) is 9.98. The van der Waals surface area contributed by atoms with E-state index in [0.29, 0.717) is 5.69 Å². The normalized spacial score (nSPS) is 14.0. The van der Waals surface area contributed by atoms with E-state index in [-0.39, 0.29) is 17.2 Å². The van der Waals surface area contributed by atoms with Crippen LogP contribution in [0.4, 0.5) is 5.69 Å². The van der Waals surface area contributed by atoms with Gasteiger partial charge in [0, 0.05) is 6.07 Å². The van der Waals surface area contributed by atoms with Gasteiger partial charge in [-0.05, 0) is 36.8 Å². The fraction of sp³-hybridized carbons (Fsp3) is 0.125. The summed E-state index contributed by atoms with van der Waals surface area (Å²) in [6.45, 7) is 2.17. The number of aromatic hydroxyl groups is 1. The Balaban J connectivity index is 2.11. The minimum atomic E-state index is -3.64. The average Bonchev–Trinajstić information content (AvgIpc) is 2.47. The number of phenols is 1. The number of hydrogen-bond acceptors (Lipinski definition) is 3. The van der Waals surface area contributed by atoms with Crippen molar-refractivity contribution in [2.45, 2.75) is 11.8 Å². The Kier molecular flexibility index (Phi) is 3.22. The highest BCUT2D eigenvalue weighted by atomic mass is 32.2. The van der Waals surface area contributed by atoms with Crippen LogP contribution >= 0.6 is 0 Å². The van der Waals surface area contributed by atoms with Gasteiger partial charge >= 0.3 is 0 Å². The largest absolute Gasteiger partial charge is 0.508 e. The van der Waals surface area contributed by atoms with Crippen molar-refractivity contribution >= 4 is 21.8 Å². The van der Waals surface area contributed by atoms with Crippen molar-refractivity contribution in [2.24, 2.45) is 0 Å². The number of phenolic OH excluding ortho intramolecular Hbond substituents is 1. The van der Waals surface area contributed by atoms with Crippen LogP contribution in [0.15, 0.2) is 53.4 Å². The molecule has 1 heterocycles. The molecular weight excluding hydrogens is 286 g/mol. The molecule has 2 aromatic rings. The lowest BCUT2D eigenvalue weighted by Gasteiger charge is -2.27. The fourth-order valence-electron chi connectivity index (χ4n) is 2.33. The van der Waals surface area contributed by atoms with Crippen LogP contribution in [0.3, 0.4) is 0 Å². The average molecular weight is 301 g/mol. The Labute approximate surface area is 124 Å². The summed E-state index contributed by atoms with van der Waals surface area (Å²) in [6.07, 6.45) is 3.65. The maximum absolute atomic E-state index is 12.8. The van der Waals surface area contributed by atoms with Gasteiger partial charge in [-0.15, -0.1) is 0 Å². The summed E-state index contributed by atoms with van der Waals surface area (Å²) in [7, 11) is -3.64. The second-order valence-electron chi connectivity index (χ2n) is 4.99. The molecule has 5 heteroatoms. The summed E-state index contributed by atoms with van der Waals surface area (Å²) in [5.41, 5.74) is 2.28. The van der Waals surface area contributed by atoms with E-state index in [0.717, 1.165) is 11.1 Å². The molecule has 0 unspecified atom stereocenters. The molecular formula is C16H15NO3S. The van der Waals surface area contributed by atoms with Gasteiger partial charge < -0.3 is 5.11 Å². The maximum Gasteiger partial charge on any atom is 0.264 e. The van der Waals surface area contributed by atoms with Crippen molar-refractivity contribution < 1.29 is 13.5 Å². The molecule has 1 N–H and O–H groups in total. The summed E-state index contributed by atoms with van der Waals surface area (Å²) < 4.78 is 26.9. The third-order valence-electron chi connectivity index (χ3n) is 3.46. The van der Waals surface area contributed by atoms with E-state index in [2.05, 4.69) is 0 Å². The van der Waals surface area contributed by atoms with E-state index in [9.17, 15) is 13.5 Å². The second-order valence-corrected chi connectivity index (χ2v) is 6.86. The molecule has 0 spiro atoms. The first-order valence-electron chi connectivity index (χ1n) is 6.57. The van der Waals surface area contributed by atoms with Crippen LogP contribution in [0.5, 0.6) is 5.75 Å². The summed E-state index contributed by atoms with van der Waals surface area (Å²) in [6, 6.07) is 11.5. The SMILES string of the molecule is Cc1ccc(S(=O)(=O)N2CC=Cc3ccc(O)cc32)cc1. The first kappa shape index (κ1) is 13.7. The molecule has 21 heavy (non-hydrogen) atoms. The Morgan fingerprint density at radius 2 is 1.81 bits per heavy atom. The summed E-state index contributed by atoms with van der Waals surface area (Å²) >= 11 is 0. The van der Waals surface area contributed by atoms with Crippen LogP contribution in [0.1, 0.15) is 11.1 Å². The van der Waals surface area contributed by atoms with E-state index < -0.39 is 10.0 Å². The van der Waals surface area contributed by atoms with Gasteiger partial charge in [-0.2, -0.15) is 0 Å². The molecule has 0 saturated heterocycles. The van der Waals surface area contributed by atoms with E-state index in [1.807, 2.05) is 13.0 Å². The molecule has 0 amide bonds.